The molecule has 0 aliphatic heterocycles. The molecule has 1 aromatic carbocycles. The average Bonchev–Trinajstić information content (AvgIpc) is 2.30. The third-order valence-electron chi connectivity index (χ3n) is 2.10. The van der Waals surface area contributed by atoms with Crippen molar-refractivity contribution in [2.75, 3.05) is 23.9 Å². The quantitative estimate of drug-likeness (QED) is 0.801. The molecule has 1 aromatic rings. The van der Waals surface area contributed by atoms with Crippen molar-refractivity contribution in [2.24, 2.45) is 0 Å². The molecule has 3 nitrogen and oxygen atoms in total. The van der Waals surface area contributed by atoms with Crippen LogP contribution in [-0.2, 0) is 4.79 Å². The molecule has 0 saturated heterocycles. The van der Waals surface area contributed by atoms with Crippen LogP contribution in [0.25, 0.3) is 0 Å². The molecule has 90 valence electrons. The van der Waals surface area contributed by atoms with Gasteiger partial charge in [0, 0.05) is 11.3 Å². The summed E-state index contributed by atoms with van der Waals surface area (Å²) in [5, 5.41) is 11.5. The van der Waals surface area contributed by atoms with Crippen molar-refractivity contribution in [1.29, 1.82) is 0 Å². The molecule has 1 amide bonds. The van der Waals surface area contributed by atoms with E-state index in [9.17, 15) is 4.79 Å². The third-order valence-corrected chi connectivity index (χ3v) is 2.65. The van der Waals surface area contributed by atoms with Crippen LogP contribution < -0.4 is 5.32 Å². The molecular formula is C13H15NO2S. The topological polar surface area (TPSA) is 49.3 Å². The minimum Gasteiger partial charge on any atom is -0.384 e. The number of aliphatic hydroxyl groups is 1. The number of thioether (sulfide) groups is 1. The fraction of sp³-hybridized carbons (Fsp3) is 0.308. The van der Waals surface area contributed by atoms with Gasteiger partial charge in [-0.15, -0.1) is 0 Å². The smallest absolute Gasteiger partial charge is 0.234 e. The van der Waals surface area contributed by atoms with Crippen LogP contribution in [0, 0.1) is 18.8 Å². The number of rotatable bonds is 3. The van der Waals surface area contributed by atoms with Gasteiger partial charge in [-0.25, -0.2) is 0 Å². The first kappa shape index (κ1) is 13.6. The summed E-state index contributed by atoms with van der Waals surface area (Å²) in [6, 6.07) is 5.58. The Balaban J connectivity index is 2.86. The van der Waals surface area contributed by atoms with E-state index in [1.54, 1.807) is 0 Å². The molecule has 0 heterocycles. The van der Waals surface area contributed by atoms with Crippen LogP contribution in [0.1, 0.15) is 11.1 Å². The highest BCUT2D eigenvalue weighted by Crippen LogP contribution is 2.16. The molecule has 0 spiro atoms. The second-order valence-corrected chi connectivity index (χ2v) is 4.34. The predicted octanol–water partition coefficient (Wildman–Crippen LogP) is 1.64. The first-order valence-electron chi connectivity index (χ1n) is 5.16. The van der Waals surface area contributed by atoms with Crippen LogP contribution in [0.3, 0.4) is 0 Å². The molecule has 0 unspecified atom stereocenters. The Bertz CT molecular complexity index is 460. The van der Waals surface area contributed by atoms with Crippen molar-refractivity contribution in [1.82, 2.24) is 0 Å². The number of amides is 1. The van der Waals surface area contributed by atoms with Crippen molar-refractivity contribution < 1.29 is 9.90 Å². The van der Waals surface area contributed by atoms with Gasteiger partial charge in [-0.2, -0.15) is 11.8 Å². The van der Waals surface area contributed by atoms with Crippen LogP contribution in [0.5, 0.6) is 0 Å². The molecule has 0 fully saturated rings. The lowest BCUT2D eigenvalue weighted by Gasteiger charge is -2.08. The maximum atomic E-state index is 11.5. The fourth-order valence-electron chi connectivity index (χ4n) is 1.29. The summed E-state index contributed by atoms with van der Waals surface area (Å²) in [4.78, 5) is 11.5. The summed E-state index contributed by atoms with van der Waals surface area (Å²) in [5.74, 6) is 5.81. The van der Waals surface area contributed by atoms with E-state index >= 15 is 0 Å². The summed E-state index contributed by atoms with van der Waals surface area (Å²) < 4.78 is 0. The van der Waals surface area contributed by atoms with E-state index in [-0.39, 0.29) is 12.5 Å². The van der Waals surface area contributed by atoms with Gasteiger partial charge in [-0.1, -0.05) is 17.9 Å². The normalized spacial score (nSPS) is 9.35. The van der Waals surface area contributed by atoms with Crippen molar-refractivity contribution in [3.05, 3.63) is 29.3 Å². The summed E-state index contributed by atoms with van der Waals surface area (Å²) in [5.41, 5.74) is 2.55. The molecular weight excluding hydrogens is 234 g/mol. The van der Waals surface area contributed by atoms with Crippen molar-refractivity contribution >= 4 is 23.4 Å². The number of aliphatic hydroxyl groups excluding tert-OH is 1. The van der Waals surface area contributed by atoms with Crippen LogP contribution in [0.15, 0.2) is 18.2 Å². The van der Waals surface area contributed by atoms with E-state index in [1.165, 1.54) is 11.8 Å². The first-order chi connectivity index (χ1) is 8.17. The molecule has 0 aromatic heterocycles. The van der Waals surface area contributed by atoms with E-state index in [0.717, 1.165) is 16.8 Å². The number of benzene rings is 1. The Hall–Kier alpha value is -1.44. The lowest BCUT2D eigenvalue weighted by atomic mass is 10.1. The Morgan fingerprint density at radius 1 is 1.53 bits per heavy atom. The van der Waals surface area contributed by atoms with Gasteiger partial charge >= 0.3 is 0 Å². The average molecular weight is 249 g/mol. The van der Waals surface area contributed by atoms with Gasteiger partial charge in [0.2, 0.25) is 5.91 Å². The van der Waals surface area contributed by atoms with E-state index in [0.29, 0.717) is 5.75 Å². The molecule has 0 atom stereocenters. The predicted molar refractivity (Wildman–Crippen MR) is 72.2 cm³/mol. The van der Waals surface area contributed by atoms with Crippen LogP contribution >= 0.6 is 11.8 Å². The van der Waals surface area contributed by atoms with Gasteiger partial charge in [-0.05, 0) is 30.9 Å². The van der Waals surface area contributed by atoms with Gasteiger partial charge in [0.15, 0.2) is 0 Å². The van der Waals surface area contributed by atoms with Gasteiger partial charge in [0.25, 0.3) is 0 Å². The zero-order valence-corrected chi connectivity index (χ0v) is 10.7. The van der Waals surface area contributed by atoms with Crippen molar-refractivity contribution in [2.45, 2.75) is 6.92 Å². The minimum absolute atomic E-state index is 0.0205. The second kappa shape index (κ2) is 7.00. The number of anilines is 1. The maximum Gasteiger partial charge on any atom is 0.234 e. The minimum atomic E-state index is -0.165. The summed E-state index contributed by atoms with van der Waals surface area (Å²) in [6.07, 6.45) is 1.88. The van der Waals surface area contributed by atoms with Crippen molar-refractivity contribution in [3.8, 4) is 11.8 Å². The fourth-order valence-corrected chi connectivity index (χ4v) is 1.63. The highest BCUT2D eigenvalue weighted by atomic mass is 32.2. The third kappa shape index (κ3) is 4.51. The molecule has 1 rings (SSSR count). The second-order valence-electron chi connectivity index (χ2n) is 3.47. The van der Waals surface area contributed by atoms with Gasteiger partial charge < -0.3 is 10.4 Å². The number of carbonyl (C=O) groups excluding carboxylic acids is 1. The highest BCUT2D eigenvalue weighted by Gasteiger charge is 2.04. The number of nitrogens with one attached hydrogen (secondary N) is 1. The van der Waals surface area contributed by atoms with E-state index < -0.39 is 0 Å². The van der Waals surface area contributed by atoms with E-state index in [1.807, 2.05) is 31.4 Å². The highest BCUT2D eigenvalue weighted by molar-refractivity contribution is 7.99. The standard InChI is InChI=1S/C13H15NO2S/c1-10-5-6-11(4-3-7-15)8-12(10)14-13(16)9-17-2/h5-6,8,15H,7,9H2,1-2H3,(H,14,16). The molecule has 0 aliphatic rings. The van der Waals surface area contributed by atoms with Crippen LogP contribution in [-0.4, -0.2) is 29.6 Å². The molecule has 2 N–H and O–H groups in total. The summed E-state index contributed by atoms with van der Waals surface area (Å²) >= 11 is 1.48. The molecule has 17 heavy (non-hydrogen) atoms. The van der Waals surface area contributed by atoms with E-state index in [4.69, 9.17) is 5.11 Å². The van der Waals surface area contributed by atoms with Gasteiger partial charge in [-0.3, -0.25) is 4.79 Å². The lowest BCUT2D eigenvalue weighted by Crippen LogP contribution is -2.14. The zero-order valence-electron chi connectivity index (χ0n) is 9.91. The molecule has 0 bridgehead atoms. The summed E-state index contributed by atoms with van der Waals surface area (Å²) in [6.45, 7) is 1.76. The molecule has 4 heteroatoms. The van der Waals surface area contributed by atoms with Gasteiger partial charge in [0.1, 0.15) is 6.61 Å². The largest absolute Gasteiger partial charge is 0.384 e. The number of carbonyl (C=O) groups is 1. The molecule has 0 saturated carbocycles. The number of hydrogen-bond donors (Lipinski definition) is 2. The summed E-state index contributed by atoms with van der Waals surface area (Å²) in [7, 11) is 0. The van der Waals surface area contributed by atoms with Crippen LogP contribution in [0.4, 0.5) is 5.69 Å². The monoisotopic (exact) mass is 249 g/mol. The number of aryl methyl sites for hydroxylation is 1. The number of hydrogen-bond acceptors (Lipinski definition) is 3. The van der Waals surface area contributed by atoms with Crippen LogP contribution in [0.2, 0.25) is 0 Å². The Labute approximate surface area is 106 Å². The Morgan fingerprint density at radius 3 is 2.94 bits per heavy atom. The van der Waals surface area contributed by atoms with Gasteiger partial charge in [0.05, 0.1) is 5.75 Å². The SMILES string of the molecule is CSCC(=O)Nc1cc(C#CCO)ccc1C. The Morgan fingerprint density at radius 2 is 2.29 bits per heavy atom. The molecule has 0 radical (unpaired) electrons. The van der Waals surface area contributed by atoms with Crippen molar-refractivity contribution in [3.63, 3.8) is 0 Å². The Kier molecular flexibility index (Phi) is 5.61. The lowest BCUT2D eigenvalue weighted by molar-refractivity contribution is -0.113. The van der Waals surface area contributed by atoms with E-state index in [2.05, 4.69) is 17.2 Å². The molecule has 0 aliphatic carbocycles. The zero-order chi connectivity index (χ0) is 12.7. The maximum absolute atomic E-state index is 11.5. The first-order valence-corrected chi connectivity index (χ1v) is 6.56.